The predicted octanol–water partition coefficient (Wildman–Crippen LogP) is 10.6. The van der Waals surface area contributed by atoms with E-state index in [1.165, 1.54) is 27.5 Å². The van der Waals surface area contributed by atoms with Crippen molar-refractivity contribution in [1.29, 1.82) is 0 Å². The number of carbonyl (C=O) groups excluding carboxylic acids is 3. The average Bonchev–Trinajstić information content (AvgIpc) is 3.94. The van der Waals surface area contributed by atoms with Gasteiger partial charge in [0.2, 0.25) is 0 Å². The van der Waals surface area contributed by atoms with Gasteiger partial charge in [-0.25, -0.2) is 0 Å². The molecule has 1 aliphatic heterocycles. The first-order valence-corrected chi connectivity index (χ1v) is 19.9. The Balaban J connectivity index is 0.000000164. The van der Waals surface area contributed by atoms with Crippen molar-refractivity contribution in [2.75, 3.05) is 32.9 Å². The number of nitrogens with one attached hydrogen (secondary N) is 1. The van der Waals surface area contributed by atoms with Gasteiger partial charge in [0, 0.05) is 30.3 Å². The summed E-state index contributed by atoms with van der Waals surface area (Å²) >= 11 is 0. The van der Waals surface area contributed by atoms with Gasteiger partial charge in [-0.05, 0) is 121 Å². The van der Waals surface area contributed by atoms with E-state index in [0.717, 1.165) is 53.2 Å². The fraction of sp³-hybridized carbons (Fsp3) is 0.300. The molecule has 1 aromatic heterocycles. The summed E-state index contributed by atoms with van der Waals surface area (Å²) in [5.41, 5.74) is 7.76. The quantitative estimate of drug-likeness (QED) is 0.169. The van der Waals surface area contributed by atoms with Crippen molar-refractivity contribution in [3.63, 3.8) is 0 Å². The molecule has 8 rings (SSSR count). The maximum absolute atomic E-state index is 12.0. The van der Waals surface area contributed by atoms with Gasteiger partial charge in [-0.1, -0.05) is 101 Å². The maximum atomic E-state index is 12.0. The number of benzene rings is 5. The molecule has 2 heterocycles. The Morgan fingerprint density at radius 3 is 1.74 bits per heavy atom. The van der Waals surface area contributed by atoms with Gasteiger partial charge in [-0.2, -0.15) is 0 Å². The van der Waals surface area contributed by atoms with Crippen molar-refractivity contribution in [3.8, 4) is 5.75 Å². The SMILES string of the molecule is CCOc1ccc2cc(C)ccc2c1.Cc1ccc(C=O)o1.Cc1cccc(C(=O)N2CCOCC2)c1.Cc1cccc(C(=O)NC2CC2)c1.Cc1cccc(C)c1. The molecule has 6 aromatic rings. The van der Waals surface area contributed by atoms with Crippen LogP contribution in [0, 0.1) is 41.5 Å². The highest BCUT2D eigenvalue weighted by atomic mass is 16.5. The van der Waals surface area contributed by atoms with Crippen LogP contribution in [0.25, 0.3) is 10.8 Å². The van der Waals surface area contributed by atoms with Crippen LogP contribution in [0.4, 0.5) is 0 Å². The van der Waals surface area contributed by atoms with Crippen LogP contribution >= 0.6 is 0 Å². The Hall–Kier alpha value is -5.99. The largest absolute Gasteiger partial charge is 0.494 e. The number of ether oxygens (including phenoxy) is 2. The summed E-state index contributed by atoms with van der Waals surface area (Å²) in [6.07, 6.45) is 2.96. The second kappa shape index (κ2) is 23.3. The molecule has 0 radical (unpaired) electrons. The van der Waals surface area contributed by atoms with Crippen LogP contribution in [0.2, 0.25) is 0 Å². The van der Waals surface area contributed by atoms with Crippen molar-refractivity contribution < 1.29 is 28.3 Å². The minimum atomic E-state index is 0.0613. The van der Waals surface area contributed by atoms with Gasteiger partial charge in [0.05, 0.1) is 19.8 Å². The number of furan rings is 1. The number of aldehydes is 1. The van der Waals surface area contributed by atoms with E-state index in [1.54, 1.807) is 19.1 Å². The van der Waals surface area contributed by atoms with Crippen molar-refractivity contribution >= 4 is 28.9 Å². The monoisotopic (exact) mass is 782 g/mol. The lowest BCUT2D eigenvalue weighted by molar-refractivity contribution is 0.0303. The smallest absolute Gasteiger partial charge is 0.254 e. The Labute approximate surface area is 344 Å². The van der Waals surface area contributed by atoms with Gasteiger partial charge in [-0.3, -0.25) is 14.4 Å². The van der Waals surface area contributed by atoms with E-state index < -0.39 is 0 Å². The molecule has 0 atom stereocenters. The van der Waals surface area contributed by atoms with Crippen LogP contribution in [-0.4, -0.2) is 62.0 Å². The van der Waals surface area contributed by atoms with E-state index in [0.29, 0.717) is 44.4 Å². The zero-order valence-electron chi connectivity index (χ0n) is 35.0. The lowest BCUT2D eigenvalue weighted by Gasteiger charge is -2.26. The molecule has 0 unspecified atom stereocenters. The van der Waals surface area contributed by atoms with Gasteiger partial charge >= 0.3 is 0 Å². The van der Waals surface area contributed by atoms with E-state index in [2.05, 4.69) is 80.7 Å². The molecule has 8 nitrogen and oxygen atoms in total. The number of fused-ring (bicyclic) bond motifs is 1. The highest BCUT2D eigenvalue weighted by Gasteiger charge is 2.23. The summed E-state index contributed by atoms with van der Waals surface area (Å²) < 4.78 is 15.5. The molecule has 1 saturated carbocycles. The van der Waals surface area contributed by atoms with Crippen LogP contribution in [0.3, 0.4) is 0 Å². The van der Waals surface area contributed by atoms with Crippen LogP contribution in [0.1, 0.15) is 84.6 Å². The fourth-order valence-electron chi connectivity index (χ4n) is 5.93. The first-order valence-electron chi connectivity index (χ1n) is 19.9. The van der Waals surface area contributed by atoms with Crippen LogP contribution in [-0.2, 0) is 4.74 Å². The van der Waals surface area contributed by atoms with Crippen molar-refractivity contribution in [3.05, 3.63) is 172 Å². The average molecular weight is 783 g/mol. The minimum absolute atomic E-state index is 0.0613. The lowest BCUT2D eigenvalue weighted by atomic mass is 10.1. The number of nitrogens with zero attached hydrogens (tertiary/aromatic N) is 1. The Bertz CT molecular complexity index is 2200. The second-order valence-electron chi connectivity index (χ2n) is 14.6. The molecule has 1 saturated heterocycles. The van der Waals surface area contributed by atoms with Gasteiger partial charge in [0.15, 0.2) is 12.0 Å². The Kier molecular flexibility index (Phi) is 18.0. The van der Waals surface area contributed by atoms with Gasteiger partial charge in [0.25, 0.3) is 11.8 Å². The first-order chi connectivity index (χ1) is 27.9. The van der Waals surface area contributed by atoms with Crippen molar-refractivity contribution in [2.24, 2.45) is 0 Å². The highest BCUT2D eigenvalue weighted by Crippen LogP contribution is 2.22. The summed E-state index contributed by atoms with van der Waals surface area (Å²) in [6, 6.07) is 40.3. The molecule has 8 heteroatoms. The van der Waals surface area contributed by atoms with Crippen LogP contribution < -0.4 is 10.1 Å². The lowest BCUT2D eigenvalue weighted by Crippen LogP contribution is -2.40. The number of rotatable bonds is 6. The molecule has 1 N–H and O–H groups in total. The molecule has 58 heavy (non-hydrogen) atoms. The van der Waals surface area contributed by atoms with Gasteiger partial charge < -0.3 is 24.1 Å². The zero-order chi connectivity index (χ0) is 41.9. The number of hydrogen-bond donors (Lipinski definition) is 1. The van der Waals surface area contributed by atoms with E-state index in [4.69, 9.17) is 13.9 Å². The Morgan fingerprint density at radius 1 is 0.672 bits per heavy atom. The molecular formula is C50H58N2O6. The van der Waals surface area contributed by atoms with E-state index in [1.807, 2.05) is 80.3 Å². The van der Waals surface area contributed by atoms with E-state index >= 15 is 0 Å². The normalized spacial score (nSPS) is 12.8. The number of carbonyl (C=O) groups is 3. The molecule has 2 aliphatic rings. The summed E-state index contributed by atoms with van der Waals surface area (Å²) in [4.78, 5) is 35.3. The molecule has 2 amide bonds. The molecule has 0 spiro atoms. The van der Waals surface area contributed by atoms with Crippen molar-refractivity contribution in [2.45, 2.75) is 67.3 Å². The standard InChI is InChI=1S/C13H14O.C12H15NO2.C11H13NO.C8H10.C6H6O2/c1-3-14-13-7-6-11-8-10(2)4-5-12(11)9-13;1-10-3-2-4-11(9-10)12(14)13-5-7-15-8-6-13;1-8-3-2-4-9(7-8)11(13)12-10-5-6-10;1-7-4-3-5-8(2)6-7;1-5-2-3-6(4-7)8-5/h4-9H,3H2,1-2H3;2-4,9H,5-8H2,1H3;2-4,7,10H,5-6H2,1H3,(H,12,13);3-6H,1-2H3;2-4H,1H3. The number of hydrogen-bond acceptors (Lipinski definition) is 6. The summed E-state index contributed by atoms with van der Waals surface area (Å²) in [5, 5.41) is 5.47. The first kappa shape index (κ1) is 44.7. The maximum Gasteiger partial charge on any atom is 0.254 e. The van der Waals surface area contributed by atoms with Gasteiger partial charge in [-0.15, -0.1) is 0 Å². The predicted molar refractivity (Wildman–Crippen MR) is 234 cm³/mol. The molecule has 2 fully saturated rings. The molecule has 5 aromatic carbocycles. The molecular weight excluding hydrogens is 725 g/mol. The van der Waals surface area contributed by atoms with Crippen LogP contribution in [0.15, 0.2) is 126 Å². The van der Waals surface area contributed by atoms with E-state index in [-0.39, 0.29) is 11.8 Å². The van der Waals surface area contributed by atoms with E-state index in [9.17, 15) is 14.4 Å². The van der Waals surface area contributed by atoms with Crippen LogP contribution in [0.5, 0.6) is 5.75 Å². The van der Waals surface area contributed by atoms with Crippen molar-refractivity contribution in [1.82, 2.24) is 10.2 Å². The third kappa shape index (κ3) is 15.9. The number of amides is 2. The summed E-state index contributed by atoms with van der Waals surface area (Å²) in [6.45, 7) is 17.5. The third-order valence-corrected chi connectivity index (χ3v) is 9.09. The minimum Gasteiger partial charge on any atom is -0.494 e. The Morgan fingerprint density at radius 2 is 1.22 bits per heavy atom. The number of morpholine rings is 1. The molecule has 1 aliphatic carbocycles. The summed E-state index contributed by atoms with van der Waals surface area (Å²) in [7, 11) is 0. The van der Waals surface area contributed by atoms with Gasteiger partial charge in [0.1, 0.15) is 11.5 Å². The number of aryl methyl sites for hydroxylation is 6. The fourth-order valence-corrected chi connectivity index (χ4v) is 5.93. The topological polar surface area (TPSA) is 98.1 Å². The zero-order valence-corrected chi connectivity index (χ0v) is 35.0. The molecule has 0 bridgehead atoms. The second-order valence-corrected chi connectivity index (χ2v) is 14.6. The third-order valence-electron chi connectivity index (χ3n) is 9.09. The highest BCUT2D eigenvalue weighted by molar-refractivity contribution is 5.95. The summed E-state index contributed by atoms with van der Waals surface area (Å²) in [5.74, 6) is 2.28. The molecule has 304 valence electrons.